The molecule has 0 spiro atoms. The molecule has 0 radical (unpaired) electrons. The van der Waals surface area contributed by atoms with E-state index in [1.165, 1.54) is 0 Å². The number of aromatic nitrogens is 3. The van der Waals surface area contributed by atoms with Gasteiger partial charge in [0.15, 0.2) is 0 Å². The van der Waals surface area contributed by atoms with E-state index in [9.17, 15) is 0 Å². The maximum absolute atomic E-state index is 4.58. The highest BCUT2D eigenvalue weighted by Gasteiger charge is 2.09. The molecule has 0 bridgehead atoms. The van der Waals surface area contributed by atoms with Gasteiger partial charge in [-0.25, -0.2) is 15.0 Å². The summed E-state index contributed by atoms with van der Waals surface area (Å²) in [6, 6.07) is 0.460. The molecule has 0 aromatic carbocycles. The standard InChI is InChI=1S/C14H21N5S/c1-10(2)15-5-12-6-16-14(18-11(12)3)19(4)7-13-8-20-9-17-13/h6,8-10,15H,5,7H2,1-4H3. The van der Waals surface area contributed by atoms with Gasteiger partial charge in [-0.2, -0.15) is 0 Å². The Kier molecular flexibility index (Phi) is 5.03. The molecular formula is C14H21N5S. The molecule has 0 saturated carbocycles. The van der Waals surface area contributed by atoms with Gasteiger partial charge < -0.3 is 10.2 Å². The van der Waals surface area contributed by atoms with E-state index < -0.39 is 0 Å². The summed E-state index contributed by atoms with van der Waals surface area (Å²) in [7, 11) is 1.99. The average molecular weight is 291 g/mol. The van der Waals surface area contributed by atoms with Gasteiger partial charge in [-0.15, -0.1) is 11.3 Å². The summed E-state index contributed by atoms with van der Waals surface area (Å²) in [5, 5.41) is 5.43. The third-order valence-corrected chi connectivity index (χ3v) is 3.63. The van der Waals surface area contributed by atoms with Crippen molar-refractivity contribution in [3.05, 3.63) is 34.0 Å². The zero-order valence-electron chi connectivity index (χ0n) is 12.4. The van der Waals surface area contributed by atoms with E-state index in [0.29, 0.717) is 6.04 Å². The molecule has 2 aromatic heterocycles. The highest BCUT2D eigenvalue weighted by molar-refractivity contribution is 7.07. The SMILES string of the molecule is Cc1nc(N(C)Cc2cscn2)ncc1CNC(C)C. The van der Waals surface area contributed by atoms with Crippen LogP contribution >= 0.6 is 11.3 Å². The van der Waals surface area contributed by atoms with Gasteiger partial charge in [0.1, 0.15) is 0 Å². The lowest BCUT2D eigenvalue weighted by Crippen LogP contribution is -2.24. The van der Waals surface area contributed by atoms with Crippen LogP contribution in [0.3, 0.4) is 0 Å². The summed E-state index contributed by atoms with van der Waals surface area (Å²) >= 11 is 1.60. The van der Waals surface area contributed by atoms with Gasteiger partial charge in [0, 0.05) is 42.5 Å². The van der Waals surface area contributed by atoms with Gasteiger partial charge >= 0.3 is 0 Å². The molecule has 20 heavy (non-hydrogen) atoms. The lowest BCUT2D eigenvalue weighted by Gasteiger charge is -2.17. The van der Waals surface area contributed by atoms with Gasteiger partial charge in [0.25, 0.3) is 0 Å². The van der Waals surface area contributed by atoms with Crippen LogP contribution in [0.2, 0.25) is 0 Å². The predicted molar refractivity (Wildman–Crippen MR) is 83.0 cm³/mol. The van der Waals surface area contributed by atoms with Crippen LogP contribution in [0.25, 0.3) is 0 Å². The van der Waals surface area contributed by atoms with Gasteiger partial charge in [-0.3, -0.25) is 0 Å². The number of hydrogen-bond donors (Lipinski definition) is 1. The third-order valence-electron chi connectivity index (χ3n) is 2.99. The highest BCUT2D eigenvalue weighted by atomic mass is 32.1. The van der Waals surface area contributed by atoms with E-state index >= 15 is 0 Å². The average Bonchev–Trinajstić information content (AvgIpc) is 2.89. The maximum atomic E-state index is 4.58. The predicted octanol–water partition coefficient (Wildman–Crippen LogP) is 2.38. The number of hydrogen-bond acceptors (Lipinski definition) is 6. The van der Waals surface area contributed by atoms with Gasteiger partial charge in [-0.1, -0.05) is 13.8 Å². The van der Waals surface area contributed by atoms with E-state index in [0.717, 1.165) is 36.0 Å². The van der Waals surface area contributed by atoms with E-state index in [-0.39, 0.29) is 0 Å². The second-order valence-electron chi connectivity index (χ2n) is 5.15. The van der Waals surface area contributed by atoms with Crippen LogP contribution in [0.1, 0.15) is 30.8 Å². The van der Waals surface area contributed by atoms with E-state index in [1.54, 1.807) is 11.3 Å². The summed E-state index contributed by atoms with van der Waals surface area (Å²) in [5.41, 5.74) is 5.05. The Balaban J connectivity index is 2.04. The first-order valence-electron chi connectivity index (χ1n) is 6.70. The van der Waals surface area contributed by atoms with Crippen LogP contribution in [0.4, 0.5) is 5.95 Å². The lowest BCUT2D eigenvalue weighted by atomic mass is 10.2. The molecule has 108 valence electrons. The van der Waals surface area contributed by atoms with Crippen molar-refractivity contribution in [3.63, 3.8) is 0 Å². The molecule has 0 unspecified atom stereocenters. The monoisotopic (exact) mass is 291 g/mol. The molecule has 1 N–H and O–H groups in total. The first kappa shape index (κ1) is 14.9. The minimum atomic E-state index is 0.460. The molecular weight excluding hydrogens is 270 g/mol. The third kappa shape index (κ3) is 3.98. The first-order chi connectivity index (χ1) is 9.56. The summed E-state index contributed by atoms with van der Waals surface area (Å²) in [6.07, 6.45) is 1.91. The summed E-state index contributed by atoms with van der Waals surface area (Å²) in [4.78, 5) is 15.3. The van der Waals surface area contributed by atoms with Crippen molar-refractivity contribution in [2.75, 3.05) is 11.9 Å². The number of nitrogens with one attached hydrogen (secondary N) is 1. The molecule has 0 saturated heterocycles. The van der Waals surface area contributed by atoms with Crippen molar-refractivity contribution < 1.29 is 0 Å². The normalized spacial score (nSPS) is 11.1. The number of nitrogens with zero attached hydrogens (tertiary/aromatic N) is 4. The Morgan fingerprint density at radius 3 is 2.75 bits per heavy atom. The van der Waals surface area contributed by atoms with E-state index in [1.807, 2.05) is 36.0 Å². The van der Waals surface area contributed by atoms with Crippen LogP contribution in [0.5, 0.6) is 0 Å². The molecule has 0 atom stereocenters. The van der Waals surface area contributed by atoms with Crippen LogP contribution in [0.15, 0.2) is 17.1 Å². The Hall–Kier alpha value is -1.53. The van der Waals surface area contributed by atoms with E-state index in [2.05, 4.69) is 34.1 Å². The molecule has 2 aromatic rings. The Morgan fingerprint density at radius 1 is 1.35 bits per heavy atom. The van der Waals surface area contributed by atoms with Crippen molar-refractivity contribution in [3.8, 4) is 0 Å². The van der Waals surface area contributed by atoms with Crippen LogP contribution in [0, 0.1) is 6.92 Å². The molecule has 5 nitrogen and oxygen atoms in total. The van der Waals surface area contributed by atoms with Crippen molar-refractivity contribution in [2.24, 2.45) is 0 Å². The number of thiazole rings is 1. The van der Waals surface area contributed by atoms with Crippen LogP contribution in [-0.4, -0.2) is 28.0 Å². The lowest BCUT2D eigenvalue weighted by molar-refractivity contribution is 0.584. The van der Waals surface area contributed by atoms with E-state index in [4.69, 9.17) is 0 Å². The van der Waals surface area contributed by atoms with Crippen LogP contribution in [-0.2, 0) is 13.1 Å². The fourth-order valence-electron chi connectivity index (χ4n) is 1.78. The van der Waals surface area contributed by atoms with Crippen molar-refractivity contribution in [1.82, 2.24) is 20.3 Å². The number of anilines is 1. The smallest absolute Gasteiger partial charge is 0.225 e. The molecule has 0 amide bonds. The van der Waals surface area contributed by atoms with Crippen LogP contribution < -0.4 is 10.2 Å². The Bertz CT molecular complexity index is 539. The quantitative estimate of drug-likeness (QED) is 0.885. The van der Waals surface area contributed by atoms with Crippen molar-refractivity contribution >= 4 is 17.3 Å². The second kappa shape index (κ2) is 6.76. The highest BCUT2D eigenvalue weighted by Crippen LogP contribution is 2.13. The summed E-state index contributed by atoms with van der Waals surface area (Å²) in [6.45, 7) is 7.82. The fourth-order valence-corrected chi connectivity index (χ4v) is 2.33. The molecule has 2 heterocycles. The van der Waals surface area contributed by atoms with Gasteiger partial charge in [0.05, 0.1) is 17.7 Å². The first-order valence-corrected chi connectivity index (χ1v) is 7.64. The Morgan fingerprint density at radius 2 is 2.15 bits per heavy atom. The zero-order valence-corrected chi connectivity index (χ0v) is 13.2. The van der Waals surface area contributed by atoms with Gasteiger partial charge in [-0.05, 0) is 6.92 Å². The molecule has 0 fully saturated rings. The molecule has 6 heteroatoms. The summed E-state index contributed by atoms with van der Waals surface area (Å²) in [5.74, 6) is 0.740. The fraction of sp³-hybridized carbons (Fsp3) is 0.500. The number of rotatable bonds is 6. The molecule has 0 aliphatic heterocycles. The topological polar surface area (TPSA) is 53.9 Å². The maximum Gasteiger partial charge on any atom is 0.225 e. The molecule has 2 rings (SSSR count). The zero-order chi connectivity index (χ0) is 14.5. The number of aryl methyl sites for hydroxylation is 1. The van der Waals surface area contributed by atoms with Crippen molar-refractivity contribution in [1.29, 1.82) is 0 Å². The molecule has 0 aliphatic carbocycles. The second-order valence-corrected chi connectivity index (χ2v) is 5.87. The minimum absolute atomic E-state index is 0.460. The largest absolute Gasteiger partial charge is 0.338 e. The van der Waals surface area contributed by atoms with Crippen molar-refractivity contribution in [2.45, 2.75) is 39.9 Å². The Labute approximate surface area is 124 Å². The van der Waals surface area contributed by atoms with Gasteiger partial charge in [0.2, 0.25) is 5.95 Å². The molecule has 0 aliphatic rings. The minimum Gasteiger partial charge on any atom is -0.338 e. The summed E-state index contributed by atoms with van der Waals surface area (Å²) < 4.78 is 0.